The molecule has 0 aliphatic carbocycles. The number of rotatable bonds is 11. The largest absolute Gasteiger partial charge is 0.478 e. The molecule has 0 radical (unpaired) electrons. The van der Waals surface area contributed by atoms with Crippen molar-refractivity contribution in [1.82, 2.24) is 16.0 Å². The SMILES string of the molecule is NCCCCC1NC(=O)C(CCCCNC(=O)/C=C/C(=O)O)NC1=O. The van der Waals surface area contributed by atoms with E-state index in [-0.39, 0.29) is 11.8 Å². The van der Waals surface area contributed by atoms with E-state index < -0.39 is 24.0 Å². The lowest BCUT2D eigenvalue weighted by molar-refractivity contribution is -0.137. The number of nitrogens with two attached hydrogens (primary N) is 1. The number of hydrogen-bond acceptors (Lipinski definition) is 5. The lowest BCUT2D eigenvalue weighted by Crippen LogP contribution is -2.61. The zero-order chi connectivity index (χ0) is 18.7. The van der Waals surface area contributed by atoms with Gasteiger partial charge in [0, 0.05) is 18.7 Å². The smallest absolute Gasteiger partial charge is 0.328 e. The van der Waals surface area contributed by atoms with Crippen molar-refractivity contribution in [2.75, 3.05) is 13.1 Å². The van der Waals surface area contributed by atoms with Crippen molar-refractivity contribution >= 4 is 23.7 Å². The van der Waals surface area contributed by atoms with Crippen molar-refractivity contribution in [3.05, 3.63) is 12.2 Å². The molecule has 6 N–H and O–H groups in total. The number of carbonyl (C=O) groups is 4. The van der Waals surface area contributed by atoms with Gasteiger partial charge in [-0.05, 0) is 45.1 Å². The minimum atomic E-state index is -1.18. The summed E-state index contributed by atoms with van der Waals surface area (Å²) in [5.41, 5.74) is 5.41. The van der Waals surface area contributed by atoms with E-state index in [1.807, 2.05) is 0 Å². The van der Waals surface area contributed by atoms with Gasteiger partial charge in [0.2, 0.25) is 17.7 Å². The highest BCUT2D eigenvalue weighted by molar-refractivity contribution is 5.96. The van der Waals surface area contributed by atoms with Crippen LogP contribution in [-0.2, 0) is 19.2 Å². The molecule has 1 aliphatic rings. The molecule has 0 aromatic heterocycles. The van der Waals surface area contributed by atoms with E-state index in [1.54, 1.807) is 0 Å². The van der Waals surface area contributed by atoms with Crippen LogP contribution in [0.15, 0.2) is 12.2 Å². The fourth-order valence-electron chi connectivity index (χ4n) is 2.47. The predicted molar refractivity (Wildman–Crippen MR) is 90.4 cm³/mol. The van der Waals surface area contributed by atoms with Gasteiger partial charge in [-0.3, -0.25) is 14.4 Å². The molecule has 1 rings (SSSR count). The van der Waals surface area contributed by atoms with E-state index in [0.29, 0.717) is 38.8 Å². The number of unbranched alkanes of at least 4 members (excludes halogenated alkanes) is 2. The zero-order valence-electron chi connectivity index (χ0n) is 14.1. The standard InChI is InChI=1S/C16H26N4O5/c17-9-3-1-5-11-15(24)20-12(16(25)19-11)6-2-4-10-18-13(21)7-8-14(22)23/h7-8,11-12H,1-6,9-10,17H2,(H,18,21)(H,19,25)(H,20,24)(H,22,23)/b8-7+. The van der Waals surface area contributed by atoms with Crippen LogP contribution < -0.4 is 21.7 Å². The number of hydrogen-bond donors (Lipinski definition) is 5. The molecule has 3 amide bonds. The summed E-state index contributed by atoms with van der Waals surface area (Å²) in [5, 5.41) is 16.4. The zero-order valence-corrected chi connectivity index (χ0v) is 14.1. The second-order valence-electron chi connectivity index (χ2n) is 5.87. The number of carboxylic acid groups (broad SMARTS) is 1. The van der Waals surface area contributed by atoms with Gasteiger partial charge in [-0.15, -0.1) is 0 Å². The van der Waals surface area contributed by atoms with Crippen LogP contribution in [0.5, 0.6) is 0 Å². The Morgan fingerprint density at radius 3 is 2.08 bits per heavy atom. The van der Waals surface area contributed by atoms with Gasteiger partial charge in [0.25, 0.3) is 0 Å². The molecule has 25 heavy (non-hydrogen) atoms. The van der Waals surface area contributed by atoms with E-state index in [9.17, 15) is 19.2 Å². The Kier molecular flexibility index (Phi) is 9.23. The number of carboxylic acids is 1. The number of nitrogens with one attached hydrogen (secondary N) is 3. The second kappa shape index (κ2) is 11.2. The van der Waals surface area contributed by atoms with Gasteiger partial charge < -0.3 is 26.8 Å². The summed E-state index contributed by atoms with van der Waals surface area (Å²) in [6.07, 6.45) is 5.63. The highest BCUT2D eigenvalue weighted by Gasteiger charge is 2.32. The van der Waals surface area contributed by atoms with Gasteiger partial charge in [0.1, 0.15) is 12.1 Å². The average molecular weight is 354 g/mol. The van der Waals surface area contributed by atoms with Crippen molar-refractivity contribution < 1.29 is 24.3 Å². The third-order valence-corrected chi connectivity index (χ3v) is 3.81. The third-order valence-electron chi connectivity index (χ3n) is 3.81. The number of carbonyl (C=O) groups excluding carboxylic acids is 3. The number of amides is 3. The van der Waals surface area contributed by atoms with Crippen LogP contribution in [0.1, 0.15) is 38.5 Å². The van der Waals surface area contributed by atoms with E-state index in [1.165, 1.54) is 0 Å². The molecule has 0 saturated carbocycles. The molecule has 0 bridgehead atoms. The molecule has 1 saturated heterocycles. The summed E-state index contributed by atoms with van der Waals surface area (Å²) in [5.74, 6) is -2.03. The highest BCUT2D eigenvalue weighted by Crippen LogP contribution is 2.09. The Morgan fingerprint density at radius 2 is 1.56 bits per heavy atom. The maximum atomic E-state index is 12.0. The lowest BCUT2D eigenvalue weighted by atomic mass is 10.0. The molecule has 0 aromatic rings. The molecule has 2 unspecified atom stereocenters. The first-order valence-electron chi connectivity index (χ1n) is 8.43. The maximum absolute atomic E-state index is 12.0. The van der Waals surface area contributed by atoms with Crippen LogP contribution in [0.3, 0.4) is 0 Å². The molecule has 0 aromatic carbocycles. The van der Waals surface area contributed by atoms with Crippen molar-refractivity contribution in [3.63, 3.8) is 0 Å². The van der Waals surface area contributed by atoms with Gasteiger partial charge in [0.05, 0.1) is 0 Å². The molecule has 9 heteroatoms. The van der Waals surface area contributed by atoms with Crippen LogP contribution >= 0.6 is 0 Å². The quantitative estimate of drug-likeness (QED) is 0.238. The van der Waals surface area contributed by atoms with Crippen molar-refractivity contribution in [1.29, 1.82) is 0 Å². The van der Waals surface area contributed by atoms with E-state index in [4.69, 9.17) is 10.8 Å². The first kappa shape index (κ1) is 20.6. The second-order valence-corrected chi connectivity index (χ2v) is 5.87. The Balaban J connectivity index is 2.21. The minimum absolute atomic E-state index is 0.172. The van der Waals surface area contributed by atoms with Crippen molar-refractivity contribution in [2.45, 2.75) is 50.6 Å². The first-order chi connectivity index (χ1) is 11.9. The van der Waals surface area contributed by atoms with Gasteiger partial charge in [0.15, 0.2) is 0 Å². The van der Waals surface area contributed by atoms with Crippen LogP contribution in [-0.4, -0.2) is 54.0 Å². The Labute approximate surface area is 146 Å². The predicted octanol–water partition coefficient (Wildman–Crippen LogP) is -0.974. The first-order valence-corrected chi connectivity index (χ1v) is 8.43. The van der Waals surface area contributed by atoms with Gasteiger partial charge >= 0.3 is 5.97 Å². The average Bonchev–Trinajstić information content (AvgIpc) is 2.56. The van der Waals surface area contributed by atoms with E-state index in [2.05, 4.69) is 16.0 Å². The van der Waals surface area contributed by atoms with Crippen molar-refractivity contribution in [3.8, 4) is 0 Å². The summed E-state index contributed by atoms with van der Waals surface area (Å²) in [6.45, 7) is 0.931. The topological polar surface area (TPSA) is 151 Å². The Morgan fingerprint density at radius 1 is 1.00 bits per heavy atom. The van der Waals surface area contributed by atoms with Gasteiger partial charge in [-0.2, -0.15) is 0 Å². The third kappa shape index (κ3) is 8.30. The molecule has 1 aliphatic heterocycles. The van der Waals surface area contributed by atoms with Crippen LogP contribution in [0.2, 0.25) is 0 Å². The monoisotopic (exact) mass is 354 g/mol. The van der Waals surface area contributed by atoms with Crippen LogP contribution in [0.4, 0.5) is 0 Å². The van der Waals surface area contributed by atoms with E-state index >= 15 is 0 Å². The molecule has 1 fully saturated rings. The molecular weight excluding hydrogens is 328 g/mol. The summed E-state index contributed by atoms with van der Waals surface area (Å²) < 4.78 is 0. The fourth-order valence-corrected chi connectivity index (χ4v) is 2.47. The maximum Gasteiger partial charge on any atom is 0.328 e. The Hall–Kier alpha value is -2.42. The van der Waals surface area contributed by atoms with Crippen LogP contribution in [0.25, 0.3) is 0 Å². The van der Waals surface area contributed by atoms with Crippen molar-refractivity contribution in [2.24, 2.45) is 5.73 Å². The minimum Gasteiger partial charge on any atom is -0.478 e. The van der Waals surface area contributed by atoms with Gasteiger partial charge in [-0.1, -0.05) is 0 Å². The van der Waals surface area contributed by atoms with Crippen LogP contribution in [0, 0.1) is 0 Å². The molecule has 2 atom stereocenters. The summed E-state index contributed by atoms with van der Waals surface area (Å²) in [6, 6.07) is -1.04. The van der Waals surface area contributed by atoms with E-state index in [0.717, 1.165) is 25.0 Å². The fraction of sp³-hybridized carbons (Fsp3) is 0.625. The normalized spacial score (nSPS) is 20.2. The number of aliphatic carboxylic acids is 1. The molecule has 1 heterocycles. The lowest BCUT2D eigenvalue weighted by Gasteiger charge is -2.29. The Bertz CT molecular complexity index is 521. The molecular formula is C16H26N4O5. The summed E-state index contributed by atoms with van der Waals surface area (Å²) in [7, 11) is 0. The highest BCUT2D eigenvalue weighted by atomic mass is 16.4. The summed E-state index contributed by atoms with van der Waals surface area (Å²) >= 11 is 0. The number of piperazine rings is 1. The van der Waals surface area contributed by atoms with Gasteiger partial charge in [-0.25, -0.2) is 4.79 Å². The summed E-state index contributed by atoms with van der Waals surface area (Å²) in [4.78, 5) is 45.5. The molecule has 140 valence electrons. The molecule has 0 spiro atoms. The molecule has 9 nitrogen and oxygen atoms in total.